The summed E-state index contributed by atoms with van der Waals surface area (Å²) in [7, 11) is -0.0252. The molecule has 1 aliphatic heterocycles. The summed E-state index contributed by atoms with van der Waals surface area (Å²) in [5, 5.41) is 3.43. The number of hydrogen-bond acceptors (Lipinski definition) is 2. The minimum Gasteiger partial charge on any atom is -0.355 e. The molecular weight excluding hydrogens is 161 g/mol. The first-order valence-electron chi connectivity index (χ1n) is 3.13. The van der Waals surface area contributed by atoms with E-state index >= 15 is 0 Å². The van der Waals surface area contributed by atoms with Crippen LogP contribution >= 0.6 is 18.7 Å². The van der Waals surface area contributed by atoms with Gasteiger partial charge >= 0.3 is 0 Å². The molecule has 10 heavy (non-hydrogen) atoms. The highest BCUT2D eigenvalue weighted by Crippen LogP contribution is 2.58. The number of para-hydroxylation sites is 1. The summed E-state index contributed by atoms with van der Waals surface area (Å²) in [6.45, 7) is 2.24. The first-order valence-corrected chi connectivity index (χ1v) is 6.35. The van der Waals surface area contributed by atoms with Crippen LogP contribution < -0.4 is 5.09 Å². The number of rotatable bonds is 0. The molecule has 0 radical (unpaired) electrons. The van der Waals surface area contributed by atoms with E-state index in [2.05, 4.69) is 36.0 Å². The van der Waals surface area contributed by atoms with Crippen molar-refractivity contribution in [2.45, 2.75) is 4.90 Å². The second kappa shape index (κ2) is 2.44. The van der Waals surface area contributed by atoms with Gasteiger partial charge in [0.2, 0.25) is 0 Å². The fourth-order valence-electron chi connectivity index (χ4n) is 0.979. The van der Waals surface area contributed by atoms with Crippen molar-refractivity contribution in [3.63, 3.8) is 0 Å². The summed E-state index contributed by atoms with van der Waals surface area (Å²) in [5.74, 6) is 0. The number of hydrogen-bond donors (Lipinski definition) is 1. The zero-order valence-corrected chi connectivity index (χ0v) is 7.38. The Morgan fingerprint density at radius 2 is 2.20 bits per heavy atom. The average Bonchev–Trinajstić information content (AvgIpc) is 2.27. The molecule has 1 atom stereocenters. The van der Waals surface area contributed by atoms with Crippen LogP contribution in [0.3, 0.4) is 0 Å². The van der Waals surface area contributed by atoms with Gasteiger partial charge in [-0.1, -0.05) is 23.5 Å². The van der Waals surface area contributed by atoms with Crippen LogP contribution in [0.4, 0.5) is 5.69 Å². The Morgan fingerprint density at radius 3 is 3.00 bits per heavy atom. The van der Waals surface area contributed by atoms with Gasteiger partial charge in [0, 0.05) is 4.90 Å². The maximum absolute atomic E-state index is 3.43. The van der Waals surface area contributed by atoms with Crippen molar-refractivity contribution in [2.75, 3.05) is 11.8 Å². The maximum atomic E-state index is 3.43. The standard InChI is InChI=1S/C7H8NPS/c1-9-8-6-4-2-3-5-7(6)10-9/h2-5,8H,1H3. The minimum atomic E-state index is -0.0252. The number of anilines is 1. The molecule has 1 heterocycles. The lowest BCUT2D eigenvalue weighted by molar-refractivity contribution is 1.48. The van der Waals surface area contributed by atoms with Crippen LogP contribution in [0.15, 0.2) is 29.2 Å². The molecular formula is C7H8NPS. The van der Waals surface area contributed by atoms with Crippen LogP contribution in [0, 0.1) is 0 Å². The van der Waals surface area contributed by atoms with Crippen LogP contribution in [-0.2, 0) is 0 Å². The predicted octanol–water partition coefficient (Wildman–Crippen LogP) is 3.15. The molecule has 0 bridgehead atoms. The van der Waals surface area contributed by atoms with Crippen molar-refractivity contribution in [3.05, 3.63) is 24.3 Å². The third-order valence-electron chi connectivity index (χ3n) is 1.40. The Kier molecular flexibility index (Phi) is 1.59. The van der Waals surface area contributed by atoms with Crippen LogP contribution in [0.1, 0.15) is 0 Å². The van der Waals surface area contributed by atoms with Gasteiger partial charge in [-0.3, -0.25) is 0 Å². The van der Waals surface area contributed by atoms with E-state index in [-0.39, 0.29) is 7.27 Å². The second-order valence-electron chi connectivity index (χ2n) is 2.20. The molecule has 52 valence electrons. The maximum Gasteiger partial charge on any atom is 0.0520 e. The van der Waals surface area contributed by atoms with Gasteiger partial charge in [0.15, 0.2) is 0 Å². The fourth-order valence-corrected chi connectivity index (χ4v) is 4.08. The van der Waals surface area contributed by atoms with Gasteiger partial charge in [-0.25, -0.2) is 0 Å². The molecule has 1 unspecified atom stereocenters. The molecule has 0 spiro atoms. The highest BCUT2D eigenvalue weighted by Gasteiger charge is 2.15. The third-order valence-corrected chi connectivity index (χ3v) is 4.47. The van der Waals surface area contributed by atoms with Crippen molar-refractivity contribution in [1.29, 1.82) is 0 Å². The summed E-state index contributed by atoms with van der Waals surface area (Å²) < 4.78 is 0. The fraction of sp³-hybridized carbons (Fsp3) is 0.143. The van der Waals surface area contributed by atoms with E-state index in [1.807, 2.05) is 11.4 Å². The Bertz CT molecular complexity index is 226. The molecule has 1 aromatic rings. The van der Waals surface area contributed by atoms with E-state index in [1.54, 1.807) is 0 Å². The Hall–Kier alpha value is -0.200. The number of benzene rings is 1. The molecule has 1 aromatic carbocycles. The molecule has 1 nitrogen and oxygen atoms in total. The topological polar surface area (TPSA) is 12.0 Å². The minimum absolute atomic E-state index is 0.0252. The van der Waals surface area contributed by atoms with E-state index < -0.39 is 0 Å². The van der Waals surface area contributed by atoms with Crippen LogP contribution in [0.5, 0.6) is 0 Å². The van der Waals surface area contributed by atoms with Crippen molar-refractivity contribution < 1.29 is 0 Å². The second-order valence-corrected chi connectivity index (χ2v) is 6.23. The van der Waals surface area contributed by atoms with Gasteiger partial charge in [0.25, 0.3) is 0 Å². The van der Waals surface area contributed by atoms with Crippen molar-refractivity contribution in [1.82, 2.24) is 0 Å². The van der Waals surface area contributed by atoms with Gasteiger partial charge in [-0.05, 0) is 18.8 Å². The molecule has 1 aliphatic rings. The molecule has 0 amide bonds. The highest BCUT2D eigenvalue weighted by atomic mass is 32.7. The zero-order valence-electron chi connectivity index (χ0n) is 5.66. The van der Waals surface area contributed by atoms with Crippen molar-refractivity contribution in [3.8, 4) is 0 Å². The first kappa shape index (κ1) is 6.51. The summed E-state index contributed by atoms with van der Waals surface area (Å²) in [4.78, 5) is 1.40. The van der Waals surface area contributed by atoms with E-state index in [0.717, 1.165) is 0 Å². The largest absolute Gasteiger partial charge is 0.355 e. The van der Waals surface area contributed by atoms with Crippen LogP contribution in [0.25, 0.3) is 0 Å². The molecule has 0 saturated carbocycles. The highest BCUT2D eigenvalue weighted by molar-refractivity contribution is 8.56. The Labute approximate surface area is 65.8 Å². The van der Waals surface area contributed by atoms with Crippen molar-refractivity contribution in [2.24, 2.45) is 0 Å². The Morgan fingerprint density at radius 1 is 1.40 bits per heavy atom. The van der Waals surface area contributed by atoms with Gasteiger partial charge in [0.1, 0.15) is 0 Å². The van der Waals surface area contributed by atoms with Crippen molar-refractivity contribution >= 4 is 24.3 Å². The molecule has 2 rings (SSSR count). The molecule has 3 heteroatoms. The molecule has 1 N–H and O–H groups in total. The van der Waals surface area contributed by atoms with E-state index in [0.29, 0.717) is 0 Å². The third kappa shape index (κ3) is 1.02. The normalized spacial score (nSPS) is 21.9. The smallest absolute Gasteiger partial charge is 0.0520 e. The van der Waals surface area contributed by atoms with Gasteiger partial charge in [-0.2, -0.15) is 0 Å². The molecule has 0 aliphatic carbocycles. The summed E-state index contributed by atoms with van der Waals surface area (Å²) >= 11 is 1.94. The average molecular weight is 169 g/mol. The lowest BCUT2D eigenvalue weighted by Gasteiger charge is -1.98. The lowest BCUT2D eigenvalue weighted by atomic mass is 10.3. The van der Waals surface area contributed by atoms with E-state index in [1.165, 1.54) is 10.6 Å². The zero-order chi connectivity index (χ0) is 6.97. The lowest BCUT2D eigenvalue weighted by Crippen LogP contribution is -1.78. The van der Waals surface area contributed by atoms with E-state index in [9.17, 15) is 0 Å². The predicted molar refractivity (Wildman–Crippen MR) is 48.8 cm³/mol. The van der Waals surface area contributed by atoms with Gasteiger partial charge in [0.05, 0.1) is 13.0 Å². The summed E-state index contributed by atoms with van der Waals surface area (Å²) in [6.07, 6.45) is 0. The SMILES string of the molecule is CP1Nc2ccccc2S1. The summed E-state index contributed by atoms with van der Waals surface area (Å²) in [5.41, 5.74) is 1.31. The van der Waals surface area contributed by atoms with Crippen LogP contribution in [-0.4, -0.2) is 6.66 Å². The monoisotopic (exact) mass is 169 g/mol. The summed E-state index contributed by atoms with van der Waals surface area (Å²) in [6, 6.07) is 8.45. The first-order chi connectivity index (χ1) is 4.86. The number of fused-ring (bicyclic) bond motifs is 1. The van der Waals surface area contributed by atoms with Crippen LogP contribution in [0.2, 0.25) is 0 Å². The van der Waals surface area contributed by atoms with E-state index in [4.69, 9.17) is 0 Å². The quantitative estimate of drug-likeness (QED) is 0.599. The molecule has 0 aromatic heterocycles. The number of nitrogens with one attached hydrogen (secondary N) is 1. The van der Waals surface area contributed by atoms with Gasteiger partial charge in [-0.15, -0.1) is 0 Å². The molecule has 0 fully saturated rings. The van der Waals surface area contributed by atoms with Gasteiger partial charge < -0.3 is 5.09 Å². The Balaban J connectivity index is 2.42. The molecule has 0 saturated heterocycles.